The average molecular weight is 244 g/mol. The molecule has 0 spiro atoms. The number of ether oxygens (including phenoxy) is 1. The first-order chi connectivity index (χ1) is 7.68. The molecule has 1 aromatic rings. The van der Waals surface area contributed by atoms with E-state index in [1.807, 2.05) is 0 Å². The van der Waals surface area contributed by atoms with Gasteiger partial charge in [-0.1, -0.05) is 17.7 Å². The fourth-order valence-corrected chi connectivity index (χ4v) is 2.16. The Hall–Kier alpha value is -0.640. The number of hydrogen-bond donors (Lipinski definition) is 1. The predicted octanol–water partition coefficient (Wildman–Crippen LogP) is 2.91. The summed E-state index contributed by atoms with van der Waals surface area (Å²) in [5.74, 6) is -0.138. The molecule has 2 N–H and O–H groups in total. The maximum atomic E-state index is 13.3. The number of rotatable bonds is 2. The van der Waals surface area contributed by atoms with Crippen LogP contribution in [0, 0.1) is 11.7 Å². The van der Waals surface area contributed by atoms with Gasteiger partial charge in [0, 0.05) is 18.6 Å². The van der Waals surface area contributed by atoms with E-state index < -0.39 is 5.82 Å². The molecule has 1 aromatic carbocycles. The topological polar surface area (TPSA) is 35.2 Å². The van der Waals surface area contributed by atoms with Crippen molar-refractivity contribution in [2.75, 3.05) is 13.2 Å². The molecule has 1 heterocycles. The van der Waals surface area contributed by atoms with Crippen LogP contribution in [0.4, 0.5) is 4.39 Å². The molecule has 16 heavy (non-hydrogen) atoms. The second-order valence-electron chi connectivity index (χ2n) is 4.18. The van der Waals surface area contributed by atoms with Gasteiger partial charge < -0.3 is 10.5 Å². The number of hydrogen-bond acceptors (Lipinski definition) is 2. The molecule has 0 radical (unpaired) electrons. The van der Waals surface area contributed by atoms with E-state index in [1.165, 1.54) is 6.07 Å². The van der Waals surface area contributed by atoms with Gasteiger partial charge in [0.15, 0.2) is 0 Å². The summed E-state index contributed by atoms with van der Waals surface area (Å²) < 4.78 is 18.7. The molecule has 0 saturated carbocycles. The third-order valence-electron chi connectivity index (χ3n) is 3.03. The molecular formula is C12H15ClFNO. The Kier molecular flexibility index (Phi) is 3.79. The van der Waals surface area contributed by atoms with Gasteiger partial charge in [-0.25, -0.2) is 4.39 Å². The van der Waals surface area contributed by atoms with Gasteiger partial charge >= 0.3 is 0 Å². The molecule has 2 rings (SSSR count). The van der Waals surface area contributed by atoms with E-state index in [-0.39, 0.29) is 17.0 Å². The smallest absolute Gasteiger partial charge is 0.142 e. The van der Waals surface area contributed by atoms with Crippen LogP contribution in [-0.4, -0.2) is 13.2 Å². The highest BCUT2D eigenvalue weighted by molar-refractivity contribution is 6.30. The standard InChI is InChI=1S/C12H15ClFNO/c13-10-4-3-8(6-11(10)14)12(15)9-2-1-5-16-7-9/h3-4,6,9,12H,1-2,5,7,15H2. The minimum Gasteiger partial charge on any atom is -0.381 e. The molecule has 2 unspecified atom stereocenters. The van der Waals surface area contributed by atoms with Crippen LogP contribution in [-0.2, 0) is 4.74 Å². The van der Waals surface area contributed by atoms with E-state index in [2.05, 4.69) is 0 Å². The van der Waals surface area contributed by atoms with Gasteiger partial charge in [-0.3, -0.25) is 0 Å². The first-order valence-corrected chi connectivity index (χ1v) is 5.84. The summed E-state index contributed by atoms with van der Waals surface area (Å²) in [6.07, 6.45) is 2.06. The van der Waals surface area contributed by atoms with Gasteiger partial charge in [-0.15, -0.1) is 0 Å². The van der Waals surface area contributed by atoms with Crippen molar-refractivity contribution in [3.63, 3.8) is 0 Å². The van der Waals surface area contributed by atoms with Crippen molar-refractivity contribution >= 4 is 11.6 Å². The Morgan fingerprint density at radius 2 is 2.31 bits per heavy atom. The lowest BCUT2D eigenvalue weighted by Gasteiger charge is -2.27. The third kappa shape index (κ3) is 2.54. The van der Waals surface area contributed by atoms with Crippen molar-refractivity contribution in [2.24, 2.45) is 11.7 Å². The fourth-order valence-electron chi connectivity index (χ4n) is 2.04. The van der Waals surface area contributed by atoms with Crippen LogP contribution in [0.1, 0.15) is 24.4 Å². The maximum absolute atomic E-state index is 13.3. The molecule has 0 aromatic heterocycles. The van der Waals surface area contributed by atoms with E-state index in [9.17, 15) is 4.39 Å². The molecule has 4 heteroatoms. The van der Waals surface area contributed by atoms with Crippen LogP contribution in [0.5, 0.6) is 0 Å². The van der Waals surface area contributed by atoms with Gasteiger partial charge in [0.05, 0.1) is 11.6 Å². The van der Waals surface area contributed by atoms with Crippen molar-refractivity contribution in [1.82, 2.24) is 0 Å². The third-order valence-corrected chi connectivity index (χ3v) is 3.34. The molecule has 1 aliphatic heterocycles. The molecule has 88 valence electrons. The highest BCUT2D eigenvalue weighted by Gasteiger charge is 2.22. The van der Waals surface area contributed by atoms with Gasteiger partial charge in [0.1, 0.15) is 5.82 Å². The van der Waals surface area contributed by atoms with Crippen molar-refractivity contribution in [1.29, 1.82) is 0 Å². The summed E-state index contributed by atoms with van der Waals surface area (Å²) >= 11 is 5.63. The number of halogens is 2. The first kappa shape index (κ1) is 11.8. The van der Waals surface area contributed by atoms with Crippen LogP contribution in [0.15, 0.2) is 18.2 Å². The highest BCUT2D eigenvalue weighted by Crippen LogP contribution is 2.28. The summed E-state index contributed by atoms with van der Waals surface area (Å²) in [6, 6.07) is 4.58. The van der Waals surface area contributed by atoms with Gasteiger partial charge in [-0.2, -0.15) is 0 Å². The second kappa shape index (κ2) is 5.13. The van der Waals surface area contributed by atoms with Crippen LogP contribution < -0.4 is 5.73 Å². The Morgan fingerprint density at radius 3 is 2.94 bits per heavy atom. The van der Waals surface area contributed by atoms with E-state index in [4.69, 9.17) is 22.1 Å². The van der Waals surface area contributed by atoms with Crippen molar-refractivity contribution in [3.8, 4) is 0 Å². The predicted molar refractivity (Wildman–Crippen MR) is 61.9 cm³/mol. The van der Waals surface area contributed by atoms with Crippen molar-refractivity contribution in [2.45, 2.75) is 18.9 Å². The zero-order valence-corrected chi connectivity index (χ0v) is 9.71. The highest BCUT2D eigenvalue weighted by atomic mass is 35.5. The van der Waals surface area contributed by atoms with E-state index in [0.29, 0.717) is 6.61 Å². The normalized spacial score (nSPS) is 23.1. The molecule has 2 nitrogen and oxygen atoms in total. The zero-order valence-electron chi connectivity index (χ0n) is 8.96. The van der Waals surface area contributed by atoms with Crippen molar-refractivity contribution in [3.05, 3.63) is 34.6 Å². The maximum Gasteiger partial charge on any atom is 0.142 e. The molecule has 2 atom stereocenters. The Morgan fingerprint density at radius 1 is 1.50 bits per heavy atom. The SMILES string of the molecule is NC(c1ccc(Cl)c(F)c1)C1CCCOC1. The largest absolute Gasteiger partial charge is 0.381 e. The van der Waals surface area contributed by atoms with E-state index >= 15 is 0 Å². The van der Waals surface area contributed by atoms with Gasteiger partial charge in [0.2, 0.25) is 0 Å². The Balaban J connectivity index is 2.12. The molecule has 1 fully saturated rings. The Labute approximate surface area is 99.5 Å². The summed E-state index contributed by atoms with van der Waals surface area (Å²) in [6.45, 7) is 1.46. The van der Waals surface area contributed by atoms with E-state index in [1.54, 1.807) is 12.1 Å². The molecule has 1 saturated heterocycles. The van der Waals surface area contributed by atoms with E-state index in [0.717, 1.165) is 25.0 Å². The Bertz CT molecular complexity index is 366. The number of nitrogens with two attached hydrogens (primary N) is 1. The molecule has 1 aliphatic rings. The van der Waals surface area contributed by atoms with Gasteiger partial charge in [-0.05, 0) is 30.5 Å². The lowest BCUT2D eigenvalue weighted by atomic mass is 9.89. The second-order valence-corrected chi connectivity index (χ2v) is 4.58. The summed E-state index contributed by atoms with van der Waals surface area (Å²) in [5.41, 5.74) is 6.89. The monoisotopic (exact) mass is 243 g/mol. The summed E-state index contributed by atoms with van der Waals surface area (Å²) in [7, 11) is 0. The van der Waals surface area contributed by atoms with Crippen molar-refractivity contribution < 1.29 is 9.13 Å². The number of benzene rings is 1. The molecule has 0 amide bonds. The summed E-state index contributed by atoms with van der Waals surface area (Å²) in [4.78, 5) is 0. The molecule has 0 aliphatic carbocycles. The fraction of sp³-hybridized carbons (Fsp3) is 0.500. The van der Waals surface area contributed by atoms with Crippen LogP contribution in [0.3, 0.4) is 0 Å². The minimum absolute atomic E-state index is 0.135. The lowest BCUT2D eigenvalue weighted by molar-refractivity contribution is 0.0447. The minimum atomic E-state index is -0.411. The van der Waals surface area contributed by atoms with Crippen LogP contribution >= 0.6 is 11.6 Å². The molecular weight excluding hydrogens is 229 g/mol. The first-order valence-electron chi connectivity index (χ1n) is 5.47. The zero-order chi connectivity index (χ0) is 11.5. The summed E-state index contributed by atoms with van der Waals surface area (Å²) in [5, 5.41) is 0.135. The van der Waals surface area contributed by atoms with Crippen LogP contribution in [0.25, 0.3) is 0 Å². The van der Waals surface area contributed by atoms with Crippen LogP contribution in [0.2, 0.25) is 5.02 Å². The average Bonchev–Trinajstić information content (AvgIpc) is 2.33. The van der Waals surface area contributed by atoms with Gasteiger partial charge in [0.25, 0.3) is 0 Å². The lowest BCUT2D eigenvalue weighted by Crippen LogP contribution is -2.29. The quantitative estimate of drug-likeness (QED) is 0.867. The molecule has 0 bridgehead atoms.